The molecule has 21 heavy (non-hydrogen) atoms. The molecule has 0 saturated heterocycles. The average molecular weight is 295 g/mol. The van der Waals surface area contributed by atoms with Gasteiger partial charge >= 0.3 is 0 Å². The van der Waals surface area contributed by atoms with Crippen LogP contribution in [0.4, 0.5) is 8.78 Å². The van der Waals surface area contributed by atoms with E-state index in [-0.39, 0.29) is 11.3 Å². The molecular weight excluding hydrogens is 268 g/mol. The molecule has 1 saturated carbocycles. The van der Waals surface area contributed by atoms with Crippen LogP contribution in [-0.4, -0.2) is 13.6 Å². The van der Waals surface area contributed by atoms with Gasteiger partial charge in [-0.15, -0.1) is 0 Å². The smallest absolute Gasteiger partial charge is 0.126 e. The molecule has 118 valence electrons. The van der Waals surface area contributed by atoms with Gasteiger partial charge in [-0.05, 0) is 73.7 Å². The van der Waals surface area contributed by atoms with Crippen LogP contribution >= 0.6 is 0 Å². The summed E-state index contributed by atoms with van der Waals surface area (Å²) in [6.07, 6.45) is 3.33. The van der Waals surface area contributed by atoms with E-state index in [0.717, 1.165) is 31.0 Å². The Labute approximate surface area is 127 Å². The number of rotatable bonds is 3. The zero-order valence-corrected chi connectivity index (χ0v) is 13.5. The second-order valence-electron chi connectivity index (χ2n) is 7.50. The van der Waals surface area contributed by atoms with Crippen molar-refractivity contribution in [2.24, 2.45) is 17.3 Å². The Morgan fingerprint density at radius 2 is 1.71 bits per heavy atom. The van der Waals surface area contributed by atoms with Crippen molar-refractivity contribution in [3.63, 3.8) is 0 Å². The van der Waals surface area contributed by atoms with Gasteiger partial charge in [0.1, 0.15) is 11.6 Å². The molecule has 1 nitrogen and oxygen atoms in total. The number of nitrogens with one attached hydrogen (secondary N) is 1. The largest absolute Gasteiger partial charge is 0.319 e. The number of hydrogen-bond acceptors (Lipinski definition) is 1. The molecule has 3 atom stereocenters. The van der Waals surface area contributed by atoms with E-state index < -0.39 is 11.6 Å². The quantitative estimate of drug-likeness (QED) is 0.850. The Balaban J connectivity index is 2.29. The number of hydrogen-bond donors (Lipinski definition) is 1. The van der Waals surface area contributed by atoms with E-state index in [1.54, 1.807) is 0 Å². The number of benzene rings is 1. The van der Waals surface area contributed by atoms with Crippen molar-refractivity contribution < 1.29 is 8.78 Å². The highest BCUT2D eigenvalue weighted by Crippen LogP contribution is 2.46. The summed E-state index contributed by atoms with van der Waals surface area (Å²) in [4.78, 5) is 0. The second kappa shape index (κ2) is 6.43. The highest BCUT2D eigenvalue weighted by Gasteiger charge is 2.36. The lowest BCUT2D eigenvalue weighted by atomic mass is 9.64. The maximum atomic E-state index is 13.6. The Bertz CT molecular complexity index is 458. The second-order valence-corrected chi connectivity index (χ2v) is 7.50. The molecule has 0 aromatic heterocycles. The van der Waals surface area contributed by atoms with Crippen LogP contribution in [-0.2, 0) is 0 Å². The summed E-state index contributed by atoms with van der Waals surface area (Å²) < 4.78 is 27.1. The molecule has 0 amide bonds. The van der Waals surface area contributed by atoms with Crippen molar-refractivity contribution >= 4 is 0 Å². The van der Waals surface area contributed by atoms with Crippen LogP contribution in [0.1, 0.15) is 51.5 Å². The van der Waals surface area contributed by atoms with E-state index in [1.807, 2.05) is 7.05 Å². The van der Waals surface area contributed by atoms with E-state index in [0.29, 0.717) is 11.8 Å². The summed E-state index contributed by atoms with van der Waals surface area (Å²) in [6.45, 7) is 7.69. The average Bonchev–Trinajstić information content (AvgIpc) is 2.37. The zero-order valence-electron chi connectivity index (χ0n) is 13.5. The Morgan fingerprint density at radius 1 is 1.10 bits per heavy atom. The van der Waals surface area contributed by atoms with Crippen molar-refractivity contribution in [2.45, 2.75) is 46.0 Å². The summed E-state index contributed by atoms with van der Waals surface area (Å²) in [5.41, 5.74) is 1.07. The third-order valence-electron chi connectivity index (χ3n) is 5.00. The van der Waals surface area contributed by atoms with Crippen LogP contribution in [0.3, 0.4) is 0 Å². The molecule has 0 radical (unpaired) electrons. The molecule has 1 aliphatic carbocycles. The van der Waals surface area contributed by atoms with Gasteiger partial charge in [-0.3, -0.25) is 0 Å². The first-order valence-electron chi connectivity index (χ1n) is 7.92. The molecule has 1 aromatic rings. The molecular formula is C18H27F2N. The van der Waals surface area contributed by atoms with Crippen LogP contribution in [0.25, 0.3) is 0 Å². The molecule has 1 N–H and O–H groups in total. The van der Waals surface area contributed by atoms with Crippen LogP contribution in [0.5, 0.6) is 0 Å². The summed E-state index contributed by atoms with van der Waals surface area (Å²) >= 11 is 0. The van der Waals surface area contributed by atoms with Gasteiger partial charge in [0.05, 0.1) is 0 Å². The highest BCUT2D eigenvalue weighted by atomic mass is 19.1. The molecule has 0 aliphatic heterocycles. The maximum absolute atomic E-state index is 13.6. The highest BCUT2D eigenvalue weighted by molar-refractivity contribution is 5.23. The van der Waals surface area contributed by atoms with Crippen LogP contribution in [0, 0.1) is 28.9 Å². The van der Waals surface area contributed by atoms with Gasteiger partial charge < -0.3 is 5.32 Å². The third kappa shape index (κ3) is 4.03. The molecule has 1 aliphatic rings. The SMILES string of the molecule is CNCC1CCC(C(C)(C)C)CC1c1cc(F)cc(F)c1. The van der Waals surface area contributed by atoms with Crippen molar-refractivity contribution in [3.8, 4) is 0 Å². The first kappa shape index (κ1) is 16.4. The van der Waals surface area contributed by atoms with E-state index in [2.05, 4.69) is 26.1 Å². The first-order valence-corrected chi connectivity index (χ1v) is 7.92. The Hall–Kier alpha value is -0.960. The predicted octanol–water partition coefficient (Wildman–Crippen LogP) is 4.73. The molecule has 0 heterocycles. The fourth-order valence-electron chi connectivity index (χ4n) is 3.72. The summed E-state index contributed by atoms with van der Waals surface area (Å²) in [7, 11) is 1.94. The standard InChI is InChI=1S/C18H27F2N/c1-18(2,3)14-6-5-12(11-21-4)17(9-14)13-7-15(19)10-16(20)8-13/h7-8,10,12,14,17,21H,5-6,9,11H2,1-4H3. The minimum absolute atomic E-state index is 0.237. The van der Waals surface area contributed by atoms with Crippen LogP contribution < -0.4 is 5.32 Å². The molecule has 3 unspecified atom stereocenters. The van der Waals surface area contributed by atoms with E-state index in [9.17, 15) is 8.78 Å². The van der Waals surface area contributed by atoms with Gasteiger partial charge in [0.15, 0.2) is 0 Å². The van der Waals surface area contributed by atoms with Gasteiger partial charge in [0.25, 0.3) is 0 Å². The lowest BCUT2D eigenvalue weighted by molar-refractivity contribution is 0.130. The van der Waals surface area contributed by atoms with Crippen LogP contribution in [0.15, 0.2) is 18.2 Å². The first-order chi connectivity index (χ1) is 9.81. The minimum Gasteiger partial charge on any atom is -0.319 e. The fraction of sp³-hybridized carbons (Fsp3) is 0.667. The molecule has 0 bridgehead atoms. The molecule has 1 aromatic carbocycles. The summed E-state index contributed by atoms with van der Waals surface area (Å²) in [5, 5.41) is 3.23. The number of halogens is 2. The minimum atomic E-state index is -0.467. The summed E-state index contributed by atoms with van der Waals surface area (Å²) in [5.74, 6) is 0.356. The lowest BCUT2D eigenvalue weighted by Gasteiger charge is -2.42. The molecule has 1 fully saturated rings. The monoisotopic (exact) mass is 295 g/mol. The predicted molar refractivity (Wildman–Crippen MR) is 83.3 cm³/mol. The summed E-state index contributed by atoms with van der Waals surface area (Å²) in [6, 6.07) is 3.99. The molecule has 3 heteroatoms. The zero-order chi connectivity index (χ0) is 15.6. The topological polar surface area (TPSA) is 12.0 Å². The van der Waals surface area contributed by atoms with Gasteiger partial charge in [-0.1, -0.05) is 20.8 Å². The van der Waals surface area contributed by atoms with E-state index in [1.165, 1.54) is 18.6 Å². The lowest BCUT2D eigenvalue weighted by Crippen LogP contribution is -2.34. The van der Waals surface area contributed by atoms with Crippen molar-refractivity contribution in [3.05, 3.63) is 35.4 Å². The van der Waals surface area contributed by atoms with Gasteiger partial charge in [-0.2, -0.15) is 0 Å². The normalized spacial score (nSPS) is 26.9. The molecule has 0 spiro atoms. The van der Waals surface area contributed by atoms with Crippen molar-refractivity contribution in [1.29, 1.82) is 0 Å². The van der Waals surface area contributed by atoms with Gasteiger partial charge in [0, 0.05) is 6.07 Å². The fourth-order valence-corrected chi connectivity index (χ4v) is 3.72. The van der Waals surface area contributed by atoms with Crippen molar-refractivity contribution in [2.75, 3.05) is 13.6 Å². The van der Waals surface area contributed by atoms with Gasteiger partial charge in [0.2, 0.25) is 0 Å². The van der Waals surface area contributed by atoms with Gasteiger partial charge in [-0.25, -0.2) is 8.78 Å². The van der Waals surface area contributed by atoms with E-state index in [4.69, 9.17) is 0 Å². The third-order valence-corrected chi connectivity index (χ3v) is 5.00. The van der Waals surface area contributed by atoms with Crippen molar-refractivity contribution in [1.82, 2.24) is 5.32 Å². The Morgan fingerprint density at radius 3 is 2.24 bits per heavy atom. The Kier molecular flexibility index (Phi) is 5.03. The van der Waals surface area contributed by atoms with E-state index >= 15 is 0 Å². The molecule has 2 rings (SSSR count). The van der Waals surface area contributed by atoms with Crippen LogP contribution in [0.2, 0.25) is 0 Å². The maximum Gasteiger partial charge on any atom is 0.126 e.